The molecule has 0 aliphatic carbocycles. The molecule has 0 bridgehead atoms. The van der Waals surface area contributed by atoms with Gasteiger partial charge in [-0.2, -0.15) is 0 Å². The van der Waals surface area contributed by atoms with E-state index >= 15 is 0 Å². The summed E-state index contributed by atoms with van der Waals surface area (Å²) in [7, 11) is 0. The number of benzene rings is 1. The van der Waals surface area contributed by atoms with Crippen molar-refractivity contribution < 1.29 is 18.7 Å². The Bertz CT molecular complexity index is 478. The molecule has 5 heteroatoms. The maximum Gasteiger partial charge on any atom is 0.412 e. The molecule has 0 saturated carbocycles. The van der Waals surface area contributed by atoms with E-state index in [9.17, 15) is 14.0 Å². The van der Waals surface area contributed by atoms with E-state index in [0.717, 1.165) is 0 Å². The third-order valence-electron chi connectivity index (χ3n) is 2.28. The molecule has 0 aliphatic rings. The Kier molecular flexibility index (Phi) is 4.64. The van der Waals surface area contributed by atoms with Crippen LogP contribution < -0.4 is 5.32 Å². The fraction of sp³-hybridized carbons (Fsp3) is 0.429. The Balaban J connectivity index is 2.97. The highest BCUT2D eigenvalue weighted by atomic mass is 19.1. The molecule has 104 valence electrons. The number of anilines is 1. The van der Waals surface area contributed by atoms with Gasteiger partial charge in [0, 0.05) is 11.1 Å². The standard InChI is InChI=1S/C14H18FNO3/c1-9(15)11-6-5-10(8-17)7-12(11)16-13(18)19-14(2,3)4/h5-9H,1-4H3,(H,16,18). The highest BCUT2D eigenvalue weighted by Gasteiger charge is 2.18. The molecular formula is C14H18FNO3. The van der Waals surface area contributed by atoms with Crippen LogP contribution in [0.4, 0.5) is 14.9 Å². The number of amides is 1. The van der Waals surface area contributed by atoms with Crippen LogP contribution in [-0.4, -0.2) is 18.0 Å². The smallest absolute Gasteiger partial charge is 0.412 e. The van der Waals surface area contributed by atoms with E-state index < -0.39 is 17.9 Å². The first kappa shape index (κ1) is 15.1. The van der Waals surface area contributed by atoms with Crippen molar-refractivity contribution in [3.63, 3.8) is 0 Å². The third-order valence-corrected chi connectivity index (χ3v) is 2.28. The zero-order valence-corrected chi connectivity index (χ0v) is 11.5. The minimum atomic E-state index is -1.26. The first-order chi connectivity index (χ1) is 8.73. The number of nitrogens with one attached hydrogen (secondary N) is 1. The number of carbonyl (C=O) groups excluding carboxylic acids is 2. The summed E-state index contributed by atoms with van der Waals surface area (Å²) in [6.45, 7) is 6.55. The molecular weight excluding hydrogens is 249 g/mol. The number of halogens is 1. The van der Waals surface area contributed by atoms with Crippen molar-refractivity contribution in [3.8, 4) is 0 Å². The van der Waals surface area contributed by atoms with E-state index in [-0.39, 0.29) is 5.69 Å². The van der Waals surface area contributed by atoms with Crippen LogP contribution in [0.2, 0.25) is 0 Å². The molecule has 0 aromatic heterocycles. The fourth-order valence-corrected chi connectivity index (χ4v) is 1.52. The van der Waals surface area contributed by atoms with Crippen molar-refractivity contribution in [3.05, 3.63) is 29.3 Å². The van der Waals surface area contributed by atoms with Crippen LogP contribution in [0.5, 0.6) is 0 Å². The summed E-state index contributed by atoms with van der Waals surface area (Å²) in [5.41, 5.74) is 0.258. The minimum absolute atomic E-state index is 0.244. The number of alkyl halides is 1. The van der Waals surface area contributed by atoms with Gasteiger partial charge in [-0.1, -0.05) is 12.1 Å². The van der Waals surface area contributed by atoms with E-state index in [0.29, 0.717) is 17.4 Å². The van der Waals surface area contributed by atoms with Gasteiger partial charge in [0.05, 0.1) is 5.69 Å². The Morgan fingerprint density at radius 1 is 1.42 bits per heavy atom. The topological polar surface area (TPSA) is 55.4 Å². The summed E-state index contributed by atoms with van der Waals surface area (Å²) in [6, 6.07) is 4.39. The van der Waals surface area contributed by atoms with Crippen molar-refractivity contribution in [2.24, 2.45) is 0 Å². The highest BCUT2D eigenvalue weighted by molar-refractivity contribution is 5.88. The lowest BCUT2D eigenvalue weighted by Crippen LogP contribution is -2.27. The summed E-state index contributed by atoms with van der Waals surface area (Å²) >= 11 is 0. The van der Waals surface area contributed by atoms with Crippen LogP contribution in [0.25, 0.3) is 0 Å². The van der Waals surface area contributed by atoms with E-state index in [4.69, 9.17) is 4.74 Å². The molecule has 1 aromatic rings. The highest BCUT2D eigenvalue weighted by Crippen LogP contribution is 2.26. The van der Waals surface area contributed by atoms with Crippen molar-refractivity contribution in [1.29, 1.82) is 0 Å². The molecule has 0 radical (unpaired) electrons. The van der Waals surface area contributed by atoms with Gasteiger partial charge < -0.3 is 4.74 Å². The van der Waals surface area contributed by atoms with Crippen LogP contribution in [0.3, 0.4) is 0 Å². The lowest BCUT2D eigenvalue weighted by molar-refractivity contribution is 0.0635. The van der Waals surface area contributed by atoms with Crippen LogP contribution in [-0.2, 0) is 4.74 Å². The number of ether oxygens (including phenoxy) is 1. The molecule has 19 heavy (non-hydrogen) atoms. The second-order valence-corrected chi connectivity index (χ2v) is 5.21. The van der Waals surface area contributed by atoms with Crippen LogP contribution in [0.1, 0.15) is 49.8 Å². The van der Waals surface area contributed by atoms with Gasteiger partial charge in [0.25, 0.3) is 0 Å². The minimum Gasteiger partial charge on any atom is -0.444 e. The maximum atomic E-state index is 13.4. The largest absolute Gasteiger partial charge is 0.444 e. The van der Waals surface area contributed by atoms with Gasteiger partial charge in [0.1, 0.15) is 18.1 Å². The Morgan fingerprint density at radius 3 is 2.53 bits per heavy atom. The molecule has 1 N–H and O–H groups in total. The van der Waals surface area contributed by atoms with Crippen molar-refractivity contribution in [2.75, 3.05) is 5.32 Å². The van der Waals surface area contributed by atoms with Gasteiger partial charge in [-0.05, 0) is 33.8 Å². The van der Waals surface area contributed by atoms with E-state index in [1.807, 2.05) is 0 Å². The number of rotatable bonds is 3. The average molecular weight is 267 g/mol. The monoisotopic (exact) mass is 267 g/mol. The lowest BCUT2D eigenvalue weighted by atomic mass is 10.1. The summed E-state index contributed by atoms with van der Waals surface area (Å²) in [4.78, 5) is 22.4. The summed E-state index contributed by atoms with van der Waals surface area (Å²) < 4.78 is 18.5. The molecule has 0 saturated heterocycles. The first-order valence-corrected chi connectivity index (χ1v) is 5.96. The number of hydrogen-bond donors (Lipinski definition) is 1. The summed E-state index contributed by atoms with van der Waals surface area (Å²) in [5, 5.41) is 2.46. The lowest BCUT2D eigenvalue weighted by Gasteiger charge is -2.20. The fourth-order valence-electron chi connectivity index (χ4n) is 1.52. The zero-order chi connectivity index (χ0) is 14.6. The number of hydrogen-bond acceptors (Lipinski definition) is 3. The van der Waals surface area contributed by atoms with Crippen LogP contribution in [0.15, 0.2) is 18.2 Å². The van der Waals surface area contributed by atoms with Gasteiger partial charge in [0.15, 0.2) is 0 Å². The predicted molar refractivity (Wildman–Crippen MR) is 71.2 cm³/mol. The number of aldehydes is 1. The quantitative estimate of drug-likeness (QED) is 0.845. The Labute approximate surface area is 112 Å². The third kappa shape index (κ3) is 4.69. The van der Waals surface area contributed by atoms with Gasteiger partial charge in [-0.25, -0.2) is 9.18 Å². The normalized spacial score (nSPS) is 12.7. The maximum absolute atomic E-state index is 13.4. The van der Waals surface area contributed by atoms with Crippen molar-refractivity contribution >= 4 is 18.1 Å². The summed E-state index contributed by atoms with van der Waals surface area (Å²) in [5.74, 6) is 0. The molecule has 4 nitrogen and oxygen atoms in total. The molecule has 0 spiro atoms. The van der Waals surface area contributed by atoms with Gasteiger partial charge in [-0.3, -0.25) is 10.1 Å². The first-order valence-electron chi connectivity index (χ1n) is 5.96. The van der Waals surface area contributed by atoms with Crippen molar-refractivity contribution in [2.45, 2.75) is 39.5 Å². The molecule has 1 aromatic carbocycles. The molecule has 1 unspecified atom stereocenters. The average Bonchev–Trinajstić information content (AvgIpc) is 2.25. The van der Waals surface area contributed by atoms with E-state index in [1.54, 1.807) is 20.8 Å². The number of carbonyl (C=O) groups is 2. The van der Waals surface area contributed by atoms with Crippen molar-refractivity contribution in [1.82, 2.24) is 0 Å². The molecule has 1 rings (SSSR count). The summed E-state index contributed by atoms with van der Waals surface area (Å²) in [6.07, 6.45) is -1.31. The van der Waals surface area contributed by atoms with E-state index in [2.05, 4.69) is 5.32 Å². The second-order valence-electron chi connectivity index (χ2n) is 5.21. The van der Waals surface area contributed by atoms with Crippen LogP contribution in [0, 0.1) is 0 Å². The van der Waals surface area contributed by atoms with Gasteiger partial charge in [-0.15, -0.1) is 0 Å². The molecule has 0 aliphatic heterocycles. The zero-order valence-electron chi connectivity index (χ0n) is 11.5. The van der Waals surface area contributed by atoms with E-state index in [1.165, 1.54) is 25.1 Å². The van der Waals surface area contributed by atoms with Gasteiger partial charge in [0.2, 0.25) is 0 Å². The van der Waals surface area contributed by atoms with Crippen LogP contribution >= 0.6 is 0 Å². The molecule has 1 amide bonds. The second kappa shape index (κ2) is 5.82. The molecule has 0 heterocycles. The Morgan fingerprint density at radius 2 is 2.05 bits per heavy atom. The predicted octanol–water partition coefficient (Wildman–Crippen LogP) is 3.88. The molecule has 1 atom stereocenters. The Hall–Kier alpha value is -1.91. The SMILES string of the molecule is CC(F)c1ccc(C=O)cc1NC(=O)OC(C)(C)C. The van der Waals surface area contributed by atoms with Gasteiger partial charge >= 0.3 is 6.09 Å². The molecule has 0 fully saturated rings.